The van der Waals surface area contributed by atoms with Gasteiger partial charge in [0.2, 0.25) is 0 Å². The summed E-state index contributed by atoms with van der Waals surface area (Å²) >= 11 is 0. The van der Waals surface area contributed by atoms with E-state index in [1.54, 1.807) is 6.92 Å². The Bertz CT molecular complexity index is 271. The van der Waals surface area contributed by atoms with Crippen LogP contribution in [-0.2, 0) is 14.3 Å². The van der Waals surface area contributed by atoms with Crippen molar-refractivity contribution in [2.45, 2.75) is 26.7 Å². The molecule has 0 aromatic heterocycles. The number of ketones is 1. The van der Waals surface area contributed by atoms with Crippen molar-refractivity contribution in [3.63, 3.8) is 0 Å². The molecule has 0 aliphatic heterocycles. The maximum Gasteiger partial charge on any atom is 0.313 e. The zero-order chi connectivity index (χ0) is 12.4. The van der Waals surface area contributed by atoms with E-state index < -0.39 is 5.97 Å². The van der Waals surface area contributed by atoms with Crippen molar-refractivity contribution in [1.82, 2.24) is 4.90 Å². The zero-order valence-corrected chi connectivity index (χ0v) is 9.86. The summed E-state index contributed by atoms with van der Waals surface area (Å²) in [5, 5.41) is 8.42. The predicted octanol–water partition coefficient (Wildman–Crippen LogP) is 0.744. The quantitative estimate of drug-likeness (QED) is 0.451. The van der Waals surface area contributed by atoms with Gasteiger partial charge in [0, 0.05) is 13.0 Å². The lowest BCUT2D eigenvalue weighted by Crippen LogP contribution is -2.31. The number of Topliss-reactive ketones (excluding diaryl/α,β-unsaturated/α-hetero) is 1. The van der Waals surface area contributed by atoms with E-state index in [4.69, 9.17) is 5.26 Å². The molecule has 0 atom stereocenters. The summed E-state index contributed by atoms with van der Waals surface area (Å²) in [5.74, 6) is -0.651. The van der Waals surface area contributed by atoms with Crippen molar-refractivity contribution in [2.75, 3.05) is 26.2 Å². The Labute approximate surface area is 96.0 Å². The summed E-state index contributed by atoms with van der Waals surface area (Å²) in [7, 11) is 0. The van der Waals surface area contributed by atoms with Crippen LogP contribution in [0.4, 0.5) is 0 Å². The third kappa shape index (κ3) is 6.96. The Balaban J connectivity index is 3.91. The predicted molar refractivity (Wildman–Crippen MR) is 58.6 cm³/mol. The molecule has 5 nitrogen and oxygen atoms in total. The highest BCUT2D eigenvalue weighted by atomic mass is 16.5. The number of likely N-dealkylation sites (N-methyl/N-ethyl adjacent to an activating group) is 1. The molecule has 0 unspecified atom stereocenters. The van der Waals surface area contributed by atoms with Crippen LogP contribution in [0.2, 0.25) is 0 Å². The number of esters is 1. The summed E-state index contributed by atoms with van der Waals surface area (Å²) in [6, 6.07) is 2.02. The van der Waals surface area contributed by atoms with Crippen LogP contribution in [0.1, 0.15) is 26.7 Å². The first kappa shape index (κ1) is 14.6. The summed E-state index contributed by atoms with van der Waals surface area (Å²) in [5.41, 5.74) is 0. The fraction of sp³-hybridized carbons (Fsp3) is 0.727. The van der Waals surface area contributed by atoms with E-state index in [1.165, 1.54) is 0 Å². The molecule has 0 aromatic rings. The first-order valence-corrected chi connectivity index (χ1v) is 5.40. The van der Waals surface area contributed by atoms with Gasteiger partial charge in [0.05, 0.1) is 19.2 Å². The third-order valence-electron chi connectivity index (χ3n) is 2.03. The number of hydrogen-bond donors (Lipinski definition) is 0. The van der Waals surface area contributed by atoms with Crippen molar-refractivity contribution in [2.24, 2.45) is 0 Å². The first-order chi connectivity index (χ1) is 7.63. The minimum absolute atomic E-state index is 0.168. The van der Waals surface area contributed by atoms with Crippen molar-refractivity contribution in [3.05, 3.63) is 0 Å². The summed E-state index contributed by atoms with van der Waals surface area (Å²) < 4.78 is 4.68. The standard InChI is InChI=1S/C11H18N2O3/c1-3-13(7-5-6-12)9-10(14)8-11(15)16-4-2/h3-5,7-9H2,1-2H3. The number of nitriles is 1. The zero-order valence-electron chi connectivity index (χ0n) is 9.86. The maximum absolute atomic E-state index is 11.4. The number of rotatable bonds is 8. The highest BCUT2D eigenvalue weighted by Crippen LogP contribution is 1.95. The topological polar surface area (TPSA) is 70.4 Å². The number of hydrogen-bond acceptors (Lipinski definition) is 5. The van der Waals surface area contributed by atoms with Gasteiger partial charge in [0.25, 0.3) is 0 Å². The SMILES string of the molecule is CCOC(=O)CC(=O)CN(CC)CCC#N. The average molecular weight is 226 g/mol. The van der Waals surface area contributed by atoms with Gasteiger partial charge in [-0.2, -0.15) is 5.26 Å². The Hall–Kier alpha value is -1.41. The van der Waals surface area contributed by atoms with Crippen LogP contribution in [0.5, 0.6) is 0 Å². The number of carbonyl (C=O) groups excluding carboxylic acids is 2. The highest BCUT2D eigenvalue weighted by molar-refractivity contribution is 5.96. The average Bonchev–Trinajstić information content (AvgIpc) is 2.24. The largest absolute Gasteiger partial charge is 0.466 e. The molecule has 0 bridgehead atoms. The molecule has 0 N–H and O–H groups in total. The molecule has 0 heterocycles. The van der Waals surface area contributed by atoms with Crippen LogP contribution in [0, 0.1) is 11.3 Å². The van der Waals surface area contributed by atoms with Gasteiger partial charge in [0.15, 0.2) is 5.78 Å². The molecule has 0 aromatic carbocycles. The van der Waals surface area contributed by atoms with Gasteiger partial charge in [-0.05, 0) is 13.5 Å². The molecule has 0 saturated carbocycles. The molecule has 0 spiro atoms. The van der Waals surface area contributed by atoms with E-state index in [0.717, 1.165) is 0 Å². The van der Waals surface area contributed by atoms with Crippen LogP contribution >= 0.6 is 0 Å². The molecule has 0 saturated heterocycles. The number of carbonyl (C=O) groups is 2. The van der Waals surface area contributed by atoms with Gasteiger partial charge < -0.3 is 4.74 Å². The minimum atomic E-state index is -0.483. The fourth-order valence-electron chi connectivity index (χ4n) is 1.24. The molecular formula is C11H18N2O3. The van der Waals surface area contributed by atoms with Gasteiger partial charge in [0.1, 0.15) is 6.42 Å². The minimum Gasteiger partial charge on any atom is -0.466 e. The van der Waals surface area contributed by atoms with E-state index in [1.807, 2.05) is 17.9 Å². The van der Waals surface area contributed by atoms with Crippen molar-refractivity contribution >= 4 is 11.8 Å². The Morgan fingerprint density at radius 1 is 1.38 bits per heavy atom. The maximum atomic E-state index is 11.4. The van der Waals surface area contributed by atoms with Crippen LogP contribution in [0.15, 0.2) is 0 Å². The Morgan fingerprint density at radius 2 is 2.06 bits per heavy atom. The van der Waals surface area contributed by atoms with Gasteiger partial charge in [-0.3, -0.25) is 14.5 Å². The lowest BCUT2D eigenvalue weighted by molar-refractivity contribution is -0.145. The second kappa shape index (κ2) is 8.86. The van der Waals surface area contributed by atoms with E-state index in [9.17, 15) is 9.59 Å². The van der Waals surface area contributed by atoms with Gasteiger partial charge >= 0.3 is 5.97 Å². The fourth-order valence-corrected chi connectivity index (χ4v) is 1.24. The van der Waals surface area contributed by atoms with E-state index in [-0.39, 0.29) is 25.4 Å². The highest BCUT2D eigenvalue weighted by Gasteiger charge is 2.13. The van der Waals surface area contributed by atoms with Crippen molar-refractivity contribution in [1.29, 1.82) is 5.26 Å². The van der Waals surface area contributed by atoms with E-state index in [0.29, 0.717) is 19.5 Å². The summed E-state index contributed by atoms with van der Waals surface area (Å²) in [4.78, 5) is 24.3. The van der Waals surface area contributed by atoms with E-state index >= 15 is 0 Å². The second-order valence-corrected chi connectivity index (χ2v) is 3.30. The first-order valence-electron chi connectivity index (χ1n) is 5.40. The Morgan fingerprint density at radius 3 is 2.56 bits per heavy atom. The monoisotopic (exact) mass is 226 g/mol. The molecule has 16 heavy (non-hydrogen) atoms. The third-order valence-corrected chi connectivity index (χ3v) is 2.03. The number of nitrogens with zero attached hydrogens (tertiary/aromatic N) is 2. The van der Waals surface area contributed by atoms with Crippen LogP contribution < -0.4 is 0 Å². The lowest BCUT2D eigenvalue weighted by Gasteiger charge is -2.17. The van der Waals surface area contributed by atoms with Crippen molar-refractivity contribution < 1.29 is 14.3 Å². The summed E-state index contributed by atoms with van der Waals surface area (Å²) in [6.45, 7) is 5.36. The van der Waals surface area contributed by atoms with Gasteiger partial charge in [-0.1, -0.05) is 6.92 Å². The van der Waals surface area contributed by atoms with Gasteiger partial charge in [-0.15, -0.1) is 0 Å². The van der Waals surface area contributed by atoms with E-state index in [2.05, 4.69) is 4.74 Å². The molecular weight excluding hydrogens is 208 g/mol. The second-order valence-electron chi connectivity index (χ2n) is 3.30. The Kier molecular flexibility index (Phi) is 8.08. The lowest BCUT2D eigenvalue weighted by atomic mass is 10.2. The smallest absolute Gasteiger partial charge is 0.313 e. The van der Waals surface area contributed by atoms with Crippen LogP contribution in [0.25, 0.3) is 0 Å². The summed E-state index contributed by atoms with van der Waals surface area (Å²) in [6.07, 6.45) is 0.206. The number of ether oxygens (including phenoxy) is 1. The van der Waals surface area contributed by atoms with Gasteiger partial charge in [-0.25, -0.2) is 0 Å². The van der Waals surface area contributed by atoms with Crippen LogP contribution in [0.3, 0.4) is 0 Å². The molecule has 0 rings (SSSR count). The molecule has 90 valence electrons. The van der Waals surface area contributed by atoms with Crippen molar-refractivity contribution in [3.8, 4) is 6.07 Å². The molecule has 5 heteroatoms. The molecule has 0 aliphatic rings. The van der Waals surface area contributed by atoms with Crippen LogP contribution in [-0.4, -0.2) is 42.9 Å². The molecule has 0 amide bonds. The molecule has 0 fully saturated rings. The molecule has 0 aliphatic carbocycles. The molecule has 0 radical (unpaired) electrons. The normalized spacial score (nSPS) is 9.88.